The molecule has 2 atom stereocenters. The van der Waals surface area contributed by atoms with E-state index in [1.54, 1.807) is 0 Å². The van der Waals surface area contributed by atoms with Crippen molar-refractivity contribution in [1.82, 2.24) is 0 Å². The van der Waals surface area contributed by atoms with Gasteiger partial charge >= 0.3 is 0 Å². The molecule has 2 rings (SSSR count). The number of hydrogen-bond donors (Lipinski definition) is 0. The van der Waals surface area contributed by atoms with Crippen molar-refractivity contribution in [2.24, 2.45) is 5.92 Å². The summed E-state index contributed by atoms with van der Waals surface area (Å²) in [6.45, 7) is 2.23. The van der Waals surface area contributed by atoms with Crippen LogP contribution in [0.3, 0.4) is 0 Å². The molecule has 0 aliphatic heterocycles. The van der Waals surface area contributed by atoms with Crippen molar-refractivity contribution < 1.29 is 0 Å². The second kappa shape index (κ2) is 3.75. The summed E-state index contributed by atoms with van der Waals surface area (Å²) in [5, 5.41) is 0. The fraction of sp³-hybridized carbons (Fsp3) is 0.500. The maximum absolute atomic E-state index is 6.00. The average molecular weight is 229 g/mol. The van der Waals surface area contributed by atoms with E-state index in [-0.39, 0.29) is 0 Å². The van der Waals surface area contributed by atoms with Crippen LogP contribution in [0.15, 0.2) is 30.3 Å². The molecule has 2 unspecified atom stereocenters. The first-order valence-electron chi connectivity index (χ1n) is 5.02. The lowest BCUT2D eigenvalue weighted by Gasteiger charge is -2.11. The maximum atomic E-state index is 6.00. The molecule has 0 saturated heterocycles. The smallest absolute Gasteiger partial charge is 0.101 e. The zero-order chi connectivity index (χ0) is 10.2. The number of rotatable bonds is 3. The lowest BCUT2D eigenvalue weighted by atomic mass is 9.96. The van der Waals surface area contributed by atoms with Crippen LogP contribution in [0.25, 0.3) is 0 Å². The monoisotopic (exact) mass is 228 g/mol. The Kier molecular flexibility index (Phi) is 2.77. The zero-order valence-corrected chi connectivity index (χ0v) is 9.72. The molecular formula is C12H14Cl2. The second-order valence-corrected chi connectivity index (χ2v) is 5.75. The largest absolute Gasteiger partial charge is 0.121 e. The molecule has 1 aliphatic rings. The van der Waals surface area contributed by atoms with Crippen molar-refractivity contribution >= 4 is 23.2 Å². The third kappa shape index (κ3) is 2.24. The van der Waals surface area contributed by atoms with Crippen molar-refractivity contribution in [3.63, 3.8) is 0 Å². The van der Waals surface area contributed by atoms with E-state index >= 15 is 0 Å². The first-order chi connectivity index (χ1) is 6.59. The van der Waals surface area contributed by atoms with Crippen molar-refractivity contribution in [3.05, 3.63) is 35.9 Å². The van der Waals surface area contributed by atoms with Crippen LogP contribution in [0, 0.1) is 5.92 Å². The summed E-state index contributed by atoms with van der Waals surface area (Å²) in [6.07, 6.45) is 2.05. The van der Waals surface area contributed by atoms with Gasteiger partial charge in [0.05, 0.1) is 0 Å². The lowest BCUT2D eigenvalue weighted by Crippen LogP contribution is -1.98. The molecule has 0 radical (unpaired) electrons. The highest BCUT2D eigenvalue weighted by Crippen LogP contribution is 2.56. The summed E-state index contributed by atoms with van der Waals surface area (Å²) in [4.78, 5) is 0. The van der Waals surface area contributed by atoms with Gasteiger partial charge in [-0.25, -0.2) is 0 Å². The van der Waals surface area contributed by atoms with Gasteiger partial charge in [-0.1, -0.05) is 37.3 Å². The van der Waals surface area contributed by atoms with E-state index in [4.69, 9.17) is 23.2 Å². The molecule has 0 heterocycles. The topological polar surface area (TPSA) is 0 Å². The molecule has 14 heavy (non-hydrogen) atoms. The van der Waals surface area contributed by atoms with E-state index in [0.29, 0.717) is 11.8 Å². The molecule has 2 heteroatoms. The molecule has 0 aromatic heterocycles. The number of hydrogen-bond acceptors (Lipinski definition) is 0. The summed E-state index contributed by atoms with van der Waals surface area (Å²) < 4.78 is -0.428. The Morgan fingerprint density at radius 2 is 1.93 bits per heavy atom. The van der Waals surface area contributed by atoms with Crippen molar-refractivity contribution in [1.29, 1.82) is 0 Å². The highest BCUT2D eigenvalue weighted by molar-refractivity contribution is 6.50. The van der Waals surface area contributed by atoms with E-state index in [2.05, 4.69) is 31.2 Å². The van der Waals surface area contributed by atoms with Gasteiger partial charge in [0.15, 0.2) is 0 Å². The number of alkyl halides is 2. The summed E-state index contributed by atoms with van der Waals surface area (Å²) in [5.74, 6) is 1.04. The minimum absolute atomic E-state index is 0.428. The van der Waals surface area contributed by atoms with Gasteiger partial charge in [0.25, 0.3) is 0 Å². The molecule has 1 aliphatic carbocycles. The van der Waals surface area contributed by atoms with Crippen molar-refractivity contribution in [2.75, 3.05) is 0 Å². The van der Waals surface area contributed by atoms with Crippen molar-refractivity contribution in [3.8, 4) is 0 Å². The van der Waals surface area contributed by atoms with Gasteiger partial charge in [-0.05, 0) is 30.2 Å². The van der Waals surface area contributed by atoms with Gasteiger partial charge in [-0.3, -0.25) is 0 Å². The van der Waals surface area contributed by atoms with Gasteiger partial charge < -0.3 is 0 Å². The quantitative estimate of drug-likeness (QED) is 0.675. The van der Waals surface area contributed by atoms with Crippen LogP contribution >= 0.6 is 23.2 Å². The number of benzene rings is 1. The van der Waals surface area contributed by atoms with Crippen LogP contribution < -0.4 is 0 Å². The fourth-order valence-corrected chi connectivity index (χ4v) is 2.42. The highest BCUT2D eigenvalue weighted by Gasteiger charge is 2.51. The molecule has 1 fully saturated rings. The minimum atomic E-state index is -0.428. The zero-order valence-electron chi connectivity index (χ0n) is 8.21. The average Bonchev–Trinajstić information content (AvgIpc) is 2.75. The lowest BCUT2D eigenvalue weighted by molar-refractivity contribution is 0.614. The Morgan fingerprint density at radius 3 is 2.43 bits per heavy atom. The summed E-state index contributed by atoms with van der Waals surface area (Å²) in [7, 11) is 0. The Bertz CT molecular complexity index is 305. The molecular weight excluding hydrogens is 215 g/mol. The van der Waals surface area contributed by atoms with Gasteiger partial charge in [0, 0.05) is 0 Å². The summed E-state index contributed by atoms with van der Waals surface area (Å²) >= 11 is 12.0. The molecule has 1 saturated carbocycles. The van der Waals surface area contributed by atoms with Crippen LogP contribution in [0.4, 0.5) is 0 Å². The van der Waals surface area contributed by atoms with Gasteiger partial charge in [0.2, 0.25) is 0 Å². The Hall–Kier alpha value is -0.200. The predicted molar refractivity (Wildman–Crippen MR) is 62.0 cm³/mol. The van der Waals surface area contributed by atoms with Crippen LogP contribution in [-0.4, -0.2) is 4.33 Å². The molecule has 0 N–H and O–H groups in total. The number of halogens is 2. The molecule has 0 nitrogen and oxygen atoms in total. The third-order valence-corrected chi connectivity index (χ3v) is 3.89. The van der Waals surface area contributed by atoms with Gasteiger partial charge in [-0.2, -0.15) is 0 Å². The Morgan fingerprint density at radius 1 is 1.36 bits per heavy atom. The Labute approximate surface area is 95.2 Å². The van der Waals surface area contributed by atoms with Crippen molar-refractivity contribution in [2.45, 2.75) is 30.0 Å². The SMILES string of the molecule is CC(CC1CC1(Cl)Cl)c1ccccc1. The van der Waals surface area contributed by atoms with E-state index < -0.39 is 4.33 Å². The Balaban J connectivity index is 1.94. The second-order valence-electron chi connectivity index (χ2n) is 4.21. The molecule has 1 aromatic carbocycles. The standard InChI is InChI=1S/C12H14Cl2/c1-9(7-11-8-12(11,13)14)10-5-3-2-4-6-10/h2-6,9,11H,7-8H2,1H3. The maximum Gasteiger partial charge on any atom is 0.121 e. The van der Waals surface area contributed by atoms with E-state index in [9.17, 15) is 0 Å². The van der Waals surface area contributed by atoms with E-state index in [1.165, 1.54) is 5.56 Å². The summed E-state index contributed by atoms with van der Waals surface area (Å²) in [6, 6.07) is 10.5. The van der Waals surface area contributed by atoms with Crippen LogP contribution in [0.2, 0.25) is 0 Å². The van der Waals surface area contributed by atoms with Gasteiger partial charge in [-0.15, -0.1) is 23.2 Å². The molecule has 76 valence electrons. The van der Waals surface area contributed by atoms with Crippen LogP contribution in [-0.2, 0) is 0 Å². The molecule has 0 bridgehead atoms. The first-order valence-corrected chi connectivity index (χ1v) is 5.78. The minimum Gasteiger partial charge on any atom is -0.101 e. The fourth-order valence-electron chi connectivity index (χ4n) is 1.87. The third-order valence-electron chi connectivity index (χ3n) is 2.96. The van der Waals surface area contributed by atoms with E-state index in [1.807, 2.05) is 6.07 Å². The highest BCUT2D eigenvalue weighted by atomic mass is 35.5. The summed E-state index contributed by atoms with van der Waals surface area (Å²) in [5.41, 5.74) is 1.38. The van der Waals surface area contributed by atoms with Crippen LogP contribution in [0.1, 0.15) is 31.2 Å². The first kappa shape index (κ1) is 10.3. The molecule has 0 spiro atoms. The normalized spacial score (nSPS) is 25.8. The van der Waals surface area contributed by atoms with Gasteiger partial charge in [0.1, 0.15) is 4.33 Å². The molecule has 0 amide bonds. The van der Waals surface area contributed by atoms with Crippen LogP contribution in [0.5, 0.6) is 0 Å². The van der Waals surface area contributed by atoms with E-state index in [0.717, 1.165) is 12.8 Å². The molecule has 1 aromatic rings. The predicted octanol–water partition coefficient (Wildman–Crippen LogP) is 4.37.